The molecule has 3 aromatic rings. The number of esters is 1. The van der Waals surface area contributed by atoms with E-state index >= 15 is 0 Å². The lowest BCUT2D eigenvalue weighted by Gasteiger charge is -2.06. The minimum absolute atomic E-state index is 0.240. The fourth-order valence-electron chi connectivity index (χ4n) is 2.71. The smallest absolute Gasteiger partial charge is 0.342 e. The number of phenols is 1. The van der Waals surface area contributed by atoms with E-state index < -0.39 is 5.97 Å². The molecule has 0 saturated heterocycles. The Morgan fingerprint density at radius 1 is 1.14 bits per heavy atom. The van der Waals surface area contributed by atoms with Crippen LogP contribution >= 0.6 is 0 Å². The number of aromatic hydroxyl groups is 1. The summed E-state index contributed by atoms with van der Waals surface area (Å²) in [6.45, 7) is 3.68. The molecule has 1 aromatic heterocycles. The molecular weight excluding hydrogens is 280 g/mol. The Kier molecular flexibility index (Phi) is 3.37. The quantitative estimate of drug-likeness (QED) is 0.720. The second-order valence-corrected chi connectivity index (χ2v) is 5.23. The molecule has 3 rings (SSSR count). The van der Waals surface area contributed by atoms with Gasteiger partial charge in [-0.25, -0.2) is 4.79 Å². The number of carbonyl (C=O) groups excluding carboxylic acids is 1. The monoisotopic (exact) mass is 296 g/mol. The van der Waals surface area contributed by atoms with Gasteiger partial charge < -0.3 is 14.3 Å². The van der Waals surface area contributed by atoms with Crippen molar-refractivity contribution in [3.05, 3.63) is 53.3 Å². The van der Waals surface area contributed by atoms with E-state index in [0.29, 0.717) is 16.9 Å². The van der Waals surface area contributed by atoms with Gasteiger partial charge in [0.05, 0.1) is 7.11 Å². The molecule has 0 aliphatic rings. The number of rotatable bonds is 2. The largest absolute Gasteiger partial charge is 0.508 e. The Morgan fingerprint density at radius 3 is 2.59 bits per heavy atom. The van der Waals surface area contributed by atoms with E-state index in [-0.39, 0.29) is 5.75 Å². The number of carbonyl (C=O) groups is 1. The van der Waals surface area contributed by atoms with Gasteiger partial charge in [0.2, 0.25) is 0 Å². The lowest BCUT2D eigenvalue weighted by atomic mass is 9.99. The van der Waals surface area contributed by atoms with E-state index in [2.05, 4.69) is 0 Å². The van der Waals surface area contributed by atoms with Crippen molar-refractivity contribution in [2.24, 2.45) is 0 Å². The highest BCUT2D eigenvalue weighted by atomic mass is 16.5. The van der Waals surface area contributed by atoms with Gasteiger partial charge in [0.25, 0.3) is 0 Å². The zero-order valence-electron chi connectivity index (χ0n) is 12.6. The Hall–Kier alpha value is -2.75. The predicted molar refractivity (Wildman–Crippen MR) is 84.1 cm³/mol. The van der Waals surface area contributed by atoms with Crippen molar-refractivity contribution in [2.75, 3.05) is 7.11 Å². The topological polar surface area (TPSA) is 59.7 Å². The highest BCUT2D eigenvalue weighted by Crippen LogP contribution is 2.32. The molecule has 0 aliphatic heterocycles. The minimum atomic E-state index is -0.398. The average Bonchev–Trinajstić information content (AvgIpc) is 2.81. The first kappa shape index (κ1) is 14.2. The third-order valence-corrected chi connectivity index (χ3v) is 3.78. The molecule has 112 valence electrons. The fraction of sp³-hybridized carbons (Fsp3) is 0.167. The zero-order chi connectivity index (χ0) is 15.9. The molecule has 0 bridgehead atoms. The van der Waals surface area contributed by atoms with Crippen molar-refractivity contribution in [1.29, 1.82) is 0 Å². The van der Waals surface area contributed by atoms with Crippen LogP contribution in [0.15, 0.2) is 40.8 Å². The maximum absolute atomic E-state index is 11.8. The molecule has 0 unspecified atom stereocenters. The Labute approximate surface area is 127 Å². The Balaban J connectivity index is 2.17. The second-order valence-electron chi connectivity index (χ2n) is 5.23. The molecular formula is C18H16O4. The number of hydrogen-bond donors (Lipinski definition) is 1. The lowest BCUT2D eigenvalue weighted by Crippen LogP contribution is -2.01. The van der Waals surface area contributed by atoms with Gasteiger partial charge in [-0.3, -0.25) is 0 Å². The summed E-state index contributed by atoms with van der Waals surface area (Å²) in [6.07, 6.45) is 0. The molecule has 0 aliphatic carbocycles. The van der Waals surface area contributed by atoms with Crippen molar-refractivity contribution in [3.63, 3.8) is 0 Å². The molecule has 4 nitrogen and oxygen atoms in total. The molecule has 22 heavy (non-hydrogen) atoms. The van der Waals surface area contributed by atoms with Crippen molar-refractivity contribution in [1.82, 2.24) is 0 Å². The van der Waals surface area contributed by atoms with Gasteiger partial charge in [0.15, 0.2) is 0 Å². The van der Waals surface area contributed by atoms with Gasteiger partial charge in [0, 0.05) is 5.39 Å². The molecule has 0 spiro atoms. The van der Waals surface area contributed by atoms with Crippen molar-refractivity contribution in [2.45, 2.75) is 13.8 Å². The van der Waals surface area contributed by atoms with E-state index in [0.717, 1.165) is 22.1 Å². The maximum Gasteiger partial charge on any atom is 0.342 e. The number of fused-ring (bicyclic) bond motifs is 1. The molecule has 0 saturated carbocycles. The van der Waals surface area contributed by atoms with E-state index in [1.165, 1.54) is 7.11 Å². The standard InChI is InChI=1S/C18H16O4/c1-10-8-13(19)5-7-14(10)12-4-6-15-16(9-12)22-11(2)17(15)18(20)21-3/h4-9,19H,1-3H3. The molecule has 1 heterocycles. The predicted octanol–water partition coefficient (Wildman–Crippen LogP) is 4.21. The number of aryl methyl sites for hydroxylation is 2. The normalized spacial score (nSPS) is 10.9. The van der Waals surface area contributed by atoms with Gasteiger partial charge in [-0.2, -0.15) is 0 Å². The second kappa shape index (κ2) is 5.22. The van der Waals surface area contributed by atoms with Crippen LogP contribution in [0.4, 0.5) is 0 Å². The zero-order valence-corrected chi connectivity index (χ0v) is 12.6. The van der Waals surface area contributed by atoms with E-state index in [1.807, 2.05) is 31.2 Å². The molecule has 0 radical (unpaired) electrons. The Bertz CT molecular complexity index is 874. The Morgan fingerprint density at radius 2 is 1.91 bits per heavy atom. The van der Waals surface area contributed by atoms with Crippen LogP contribution in [0.5, 0.6) is 5.75 Å². The summed E-state index contributed by atoms with van der Waals surface area (Å²) in [5, 5.41) is 10.3. The van der Waals surface area contributed by atoms with E-state index in [1.54, 1.807) is 19.1 Å². The first-order valence-electron chi connectivity index (χ1n) is 6.92. The maximum atomic E-state index is 11.8. The number of ether oxygens (including phenoxy) is 1. The first-order chi connectivity index (χ1) is 10.5. The third kappa shape index (κ3) is 2.22. The SMILES string of the molecule is COC(=O)c1c(C)oc2cc(-c3ccc(O)cc3C)ccc12. The third-order valence-electron chi connectivity index (χ3n) is 3.78. The fourth-order valence-corrected chi connectivity index (χ4v) is 2.71. The summed E-state index contributed by atoms with van der Waals surface area (Å²) in [4.78, 5) is 11.8. The van der Waals surface area contributed by atoms with Crippen molar-refractivity contribution < 1.29 is 19.1 Å². The number of methoxy groups -OCH3 is 1. The van der Waals surface area contributed by atoms with Gasteiger partial charge in [-0.05, 0) is 54.8 Å². The van der Waals surface area contributed by atoms with Crippen LogP contribution in [0.1, 0.15) is 21.7 Å². The lowest BCUT2D eigenvalue weighted by molar-refractivity contribution is 0.0600. The van der Waals surface area contributed by atoms with Crippen LogP contribution in [0, 0.1) is 13.8 Å². The van der Waals surface area contributed by atoms with Gasteiger partial charge in [-0.15, -0.1) is 0 Å². The number of phenolic OH excluding ortho intramolecular Hbond substituents is 1. The average molecular weight is 296 g/mol. The molecule has 0 amide bonds. The van der Waals surface area contributed by atoms with E-state index in [9.17, 15) is 9.90 Å². The summed E-state index contributed by atoms with van der Waals surface area (Å²) in [5.41, 5.74) is 4.05. The van der Waals surface area contributed by atoms with Gasteiger partial charge in [0.1, 0.15) is 22.7 Å². The molecule has 2 aromatic carbocycles. The van der Waals surface area contributed by atoms with Crippen LogP contribution in [0.25, 0.3) is 22.1 Å². The summed E-state index contributed by atoms with van der Waals surface area (Å²) >= 11 is 0. The number of benzene rings is 2. The summed E-state index contributed by atoms with van der Waals surface area (Å²) < 4.78 is 10.5. The van der Waals surface area contributed by atoms with Crippen LogP contribution < -0.4 is 0 Å². The first-order valence-corrected chi connectivity index (χ1v) is 6.92. The van der Waals surface area contributed by atoms with Crippen LogP contribution in [0.2, 0.25) is 0 Å². The number of furan rings is 1. The minimum Gasteiger partial charge on any atom is -0.508 e. The van der Waals surface area contributed by atoms with Crippen molar-refractivity contribution in [3.8, 4) is 16.9 Å². The van der Waals surface area contributed by atoms with Crippen LogP contribution in [0.3, 0.4) is 0 Å². The number of hydrogen-bond acceptors (Lipinski definition) is 4. The van der Waals surface area contributed by atoms with Crippen molar-refractivity contribution >= 4 is 16.9 Å². The summed E-state index contributed by atoms with van der Waals surface area (Å²) in [5.74, 6) is 0.385. The molecule has 1 N–H and O–H groups in total. The van der Waals surface area contributed by atoms with Gasteiger partial charge >= 0.3 is 5.97 Å². The van der Waals surface area contributed by atoms with Crippen LogP contribution in [-0.4, -0.2) is 18.2 Å². The van der Waals surface area contributed by atoms with Gasteiger partial charge in [-0.1, -0.05) is 12.1 Å². The summed E-state index contributed by atoms with van der Waals surface area (Å²) in [6, 6.07) is 10.9. The molecule has 4 heteroatoms. The van der Waals surface area contributed by atoms with E-state index in [4.69, 9.17) is 9.15 Å². The molecule has 0 atom stereocenters. The van der Waals surface area contributed by atoms with Crippen LogP contribution in [-0.2, 0) is 4.74 Å². The molecule has 0 fully saturated rings. The summed E-state index contributed by atoms with van der Waals surface area (Å²) in [7, 11) is 1.36. The highest BCUT2D eigenvalue weighted by molar-refractivity contribution is 6.05. The highest BCUT2D eigenvalue weighted by Gasteiger charge is 2.19.